The monoisotopic (exact) mass is 169 g/mol. The van der Waals surface area contributed by atoms with E-state index in [0.29, 0.717) is 5.56 Å². The van der Waals surface area contributed by atoms with Crippen molar-refractivity contribution in [1.29, 1.82) is 0 Å². The number of carbonyl (C=O) groups is 1. The number of benzene rings is 1. The van der Waals surface area contributed by atoms with Gasteiger partial charge in [-0.3, -0.25) is 4.79 Å². The van der Waals surface area contributed by atoms with E-state index >= 15 is 0 Å². The molecule has 0 saturated carbocycles. The van der Waals surface area contributed by atoms with Crippen molar-refractivity contribution in [3.63, 3.8) is 0 Å². The summed E-state index contributed by atoms with van der Waals surface area (Å²) in [6.07, 6.45) is -0.267. The van der Waals surface area contributed by atoms with Gasteiger partial charge in [0.1, 0.15) is 5.82 Å². The Kier molecular flexibility index (Phi) is 2.28. The van der Waals surface area contributed by atoms with Crippen LogP contribution in [-0.2, 0) is 11.2 Å². The summed E-state index contributed by atoms with van der Waals surface area (Å²) < 4.78 is 12.5. The second kappa shape index (κ2) is 3.21. The SMILES string of the molecule is O=C(O)Cc1ccc([O-])c(F)c1. The van der Waals surface area contributed by atoms with Crippen molar-refractivity contribution in [2.75, 3.05) is 0 Å². The summed E-state index contributed by atoms with van der Waals surface area (Å²) in [6.45, 7) is 0. The Labute approximate surface area is 68.1 Å². The molecule has 0 saturated heterocycles. The molecule has 12 heavy (non-hydrogen) atoms. The van der Waals surface area contributed by atoms with E-state index in [1.807, 2.05) is 0 Å². The van der Waals surface area contributed by atoms with Gasteiger partial charge in [0.25, 0.3) is 0 Å². The van der Waals surface area contributed by atoms with Gasteiger partial charge in [-0.25, -0.2) is 4.39 Å². The molecule has 0 heterocycles. The Morgan fingerprint density at radius 3 is 2.75 bits per heavy atom. The van der Waals surface area contributed by atoms with E-state index in [9.17, 15) is 14.3 Å². The van der Waals surface area contributed by atoms with E-state index in [0.717, 1.165) is 12.1 Å². The molecule has 0 fully saturated rings. The second-order valence-electron chi connectivity index (χ2n) is 2.34. The number of carboxylic acid groups (broad SMARTS) is 1. The first-order valence-corrected chi connectivity index (χ1v) is 3.27. The number of hydrogen-bond acceptors (Lipinski definition) is 2. The van der Waals surface area contributed by atoms with Gasteiger partial charge in [0.05, 0.1) is 6.42 Å². The molecule has 0 aromatic heterocycles. The molecule has 0 atom stereocenters. The van der Waals surface area contributed by atoms with Crippen LogP contribution in [0.5, 0.6) is 5.75 Å². The van der Waals surface area contributed by atoms with Crippen LogP contribution in [0.4, 0.5) is 4.39 Å². The number of rotatable bonds is 2. The normalized spacial score (nSPS) is 9.75. The van der Waals surface area contributed by atoms with Crippen LogP contribution in [-0.4, -0.2) is 11.1 Å². The highest BCUT2D eigenvalue weighted by Gasteiger charge is 2.01. The van der Waals surface area contributed by atoms with Gasteiger partial charge in [0.2, 0.25) is 0 Å². The zero-order valence-corrected chi connectivity index (χ0v) is 6.08. The summed E-state index contributed by atoms with van der Waals surface area (Å²) in [5.74, 6) is -2.68. The lowest BCUT2D eigenvalue weighted by Gasteiger charge is -2.06. The molecule has 0 aliphatic rings. The third kappa shape index (κ3) is 1.95. The van der Waals surface area contributed by atoms with Gasteiger partial charge in [-0.2, -0.15) is 0 Å². The molecule has 1 N–H and O–H groups in total. The molecular formula is C8H6FO3-. The Balaban J connectivity index is 2.89. The van der Waals surface area contributed by atoms with Gasteiger partial charge < -0.3 is 10.2 Å². The highest BCUT2D eigenvalue weighted by atomic mass is 19.1. The molecule has 1 aromatic rings. The van der Waals surface area contributed by atoms with Crippen molar-refractivity contribution in [2.45, 2.75) is 6.42 Å². The minimum Gasteiger partial charge on any atom is -0.870 e. The lowest BCUT2D eigenvalue weighted by molar-refractivity contribution is -0.272. The molecule has 64 valence electrons. The van der Waals surface area contributed by atoms with E-state index in [1.165, 1.54) is 6.07 Å². The molecule has 1 rings (SSSR count). The molecule has 0 unspecified atom stereocenters. The number of carboxylic acids is 1. The molecule has 0 spiro atoms. The second-order valence-corrected chi connectivity index (χ2v) is 2.34. The van der Waals surface area contributed by atoms with E-state index in [4.69, 9.17) is 5.11 Å². The van der Waals surface area contributed by atoms with Crippen molar-refractivity contribution < 1.29 is 19.4 Å². The zero-order chi connectivity index (χ0) is 9.14. The minimum atomic E-state index is -1.05. The topological polar surface area (TPSA) is 60.4 Å². The van der Waals surface area contributed by atoms with Crippen LogP contribution >= 0.6 is 0 Å². The summed E-state index contributed by atoms with van der Waals surface area (Å²) in [7, 11) is 0. The largest absolute Gasteiger partial charge is 0.870 e. The fraction of sp³-hybridized carbons (Fsp3) is 0.125. The maximum Gasteiger partial charge on any atom is 0.307 e. The highest BCUT2D eigenvalue weighted by molar-refractivity contribution is 5.70. The molecule has 3 nitrogen and oxygen atoms in total. The zero-order valence-electron chi connectivity index (χ0n) is 6.08. The summed E-state index contributed by atoms with van der Waals surface area (Å²) >= 11 is 0. The molecular weight excluding hydrogens is 163 g/mol. The first kappa shape index (κ1) is 8.52. The first-order valence-electron chi connectivity index (χ1n) is 3.27. The average Bonchev–Trinajstić information content (AvgIpc) is 1.96. The maximum absolute atomic E-state index is 12.5. The molecule has 0 amide bonds. The molecule has 0 aliphatic carbocycles. The van der Waals surface area contributed by atoms with Crippen LogP contribution in [0, 0.1) is 5.82 Å². The van der Waals surface area contributed by atoms with Crippen molar-refractivity contribution in [3.05, 3.63) is 29.6 Å². The van der Waals surface area contributed by atoms with Gasteiger partial charge in [-0.05, 0) is 11.6 Å². The van der Waals surface area contributed by atoms with Crippen LogP contribution in [0.3, 0.4) is 0 Å². The van der Waals surface area contributed by atoms with Crippen molar-refractivity contribution in [1.82, 2.24) is 0 Å². The van der Waals surface area contributed by atoms with Crippen LogP contribution in [0.15, 0.2) is 18.2 Å². The predicted octanol–water partition coefficient (Wildman–Crippen LogP) is 0.526. The Bertz CT molecular complexity index is 309. The highest BCUT2D eigenvalue weighted by Crippen LogP contribution is 2.13. The van der Waals surface area contributed by atoms with Gasteiger partial charge in [0.15, 0.2) is 0 Å². The first-order chi connectivity index (χ1) is 5.59. The van der Waals surface area contributed by atoms with Crippen LogP contribution < -0.4 is 5.11 Å². The lowest BCUT2D eigenvalue weighted by atomic mass is 10.1. The molecule has 0 radical (unpaired) electrons. The number of hydrogen-bond donors (Lipinski definition) is 1. The minimum absolute atomic E-state index is 0.267. The fourth-order valence-corrected chi connectivity index (χ4v) is 0.829. The number of aliphatic carboxylic acids is 1. The quantitative estimate of drug-likeness (QED) is 0.702. The van der Waals surface area contributed by atoms with Crippen molar-refractivity contribution in [3.8, 4) is 5.75 Å². The summed E-state index contributed by atoms with van der Waals surface area (Å²) in [6, 6.07) is 3.27. The smallest absolute Gasteiger partial charge is 0.307 e. The lowest BCUT2D eigenvalue weighted by Crippen LogP contribution is -2.01. The van der Waals surface area contributed by atoms with Gasteiger partial charge >= 0.3 is 5.97 Å². The fourth-order valence-electron chi connectivity index (χ4n) is 0.829. The standard InChI is InChI=1S/C8H7FO3/c9-6-3-5(4-8(11)12)1-2-7(6)10/h1-3,10H,4H2,(H,11,12)/p-1. The molecule has 0 bridgehead atoms. The predicted molar refractivity (Wildman–Crippen MR) is 37.2 cm³/mol. The number of halogens is 1. The Hall–Kier alpha value is -1.58. The Morgan fingerprint density at radius 1 is 1.58 bits per heavy atom. The van der Waals surface area contributed by atoms with Gasteiger partial charge in [-0.1, -0.05) is 17.9 Å². The van der Waals surface area contributed by atoms with E-state index in [1.54, 1.807) is 0 Å². The molecule has 1 aromatic carbocycles. The summed E-state index contributed by atoms with van der Waals surface area (Å²) in [5, 5.41) is 18.9. The van der Waals surface area contributed by atoms with Crippen LogP contribution in [0.1, 0.15) is 5.56 Å². The van der Waals surface area contributed by atoms with Crippen LogP contribution in [0.2, 0.25) is 0 Å². The summed E-state index contributed by atoms with van der Waals surface area (Å²) in [4.78, 5) is 10.2. The Morgan fingerprint density at radius 2 is 2.25 bits per heavy atom. The molecule has 4 heteroatoms. The maximum atomic E-state index is 12.5. The third-order valence-corrected chi connectivity index (χ3v) is 1.35. The van der Waals surface area contributed by atoms with E-state index in [2.05, 4.69) is 0 Å². The van der Waals surface area contributed by atoms with Crippen molar-refractivity contribution >= 4 is 5.97 Å². The van der Waals surface area contributed by atoms with Gasteiger partial charge in [0, 0.05) is 0 Å². The van der Waals surface area contributed by atoms with Gasteiger partial charge in [-0.15, -0.1) is 0 Å². The van der Waals surface area contributed by atoms with E-state index < -0.39 is 17.5 Å². The van der Waals surface area contributed by atoms with Crippen molar-refractivity contribution in [2.24, 2.45) is 0 Å². The summed E-state index contributed by atoms with van der Waals surface area (Å²) in [5.41, 5.74) is 0.291. The van der Waals surface area contributed by atoms with Crippen LogP contribution in [0.25, 0.3) is 0 Å². The van der Waals surface area contributed by atoms with E-state index in [-0.39, 0.29) is 6.42 Å². The molecule has 0 aliphatic heterocycles. The average molecular weight is 169 g/mol. The third-order valence-electron chi connectivity index (χ3n) is 1.35.